The lowest BCUT2D eigenvalue weighted by molar-refractivity contribution is 0.102. The largest absolute Gasteiger partial charge is 0.397 e. The van der Waals surface area contributed by atoms with Gasteiger partial charge in [0.05, 0.1) is 28.3 Å². The predicted molar refractivity (Wildman–Crippen MR) is 68.5 cm³/mol. The van der Waals surface area contributed by atoms with Gasteiger partial charge in [0.25, 0.3) is 5.91 Å². The predicted octanol–water partition coefficient (Wildman–Crippen LogP) is 2.58. The topological polar surface area (TPSA) is 67.2 Å². The molecule has 3 rings (SSSR count). The van der Waals surface area contributed by atoms with Crippen molar-refractivity contribution in [2.24, 2.45) is 0 Å². The summed E-state index contributed by atoms with van der Waals surface area (Å²) in [6.45, 7) is 0. The normalized spacial score (nSPS) is 12.8. The molecule has 0 aromatic heterocycles. The summed E-state index contributed by atoms with van der Waals surface area (Å²) >= 11 is 0. The molecule has 0 bridgehead atoms. The van der Waals surface area contributed by atoms with E-state index in [1.54, 1.807) is 18.2 Å². The van der Waals surface area contributed by atoms with Crippen LogP contribution in [0.2, 0.25) is 0 Å². The molecule has 4 heteroatoms. The van der Waals surface area contributed by atoms with Crippen molar-refractivity contribution in [3.8, 4) is 0 Å². The molecule has 17 heavy (non-hydrogen) atoms. The molecule has 0 radical (unpaired) electrons. The Labute approximate surface area is 98.4 Å². The van der Waals surface area contributed by atoms with Crippen LogP contribution in [0.1, 0.15) is 10.4 Å². The molecule has 4 nitrogen and oxygen atoms in total. The Morgan fingerprint density at radius 3 is 2.35 bits per heavy atom. The van der Waals surface area contributed by atoms with E-state index in [4.69, 9.17) is 5.73 Å². The minimum absolute atomic E-state index is 0.148. The fourth-order valence-corrected chi connectivity index (χ4v) is 1.92. The molecular formula is C13H11N3O. The minimum Gasteiger partial charge on any atom is -0.397 e. The first-order valence-corrected chi connectivity index (χ1v) is 5.31. The molecule has 84 valence electrons. The number of carbonyl (C=O) groups excluding carboxylic acids is 1. The van der Waals surface area contributed by atoms with Crippen LogP contribution >= 0.6 is 0 Å². The number of hydrogen-bond donors (Lipinski definition) is 3. The number of anilines is 4. The lowest BCUT2D eigenvalue weighted by Gasteiger charge is -2.10. The van der Waals surface area contributed by atoms with Crippen LogP contribution in [0.4, 0.5) is 22.7 Å². The van der Waals surface area contributed by atoms with Crippen LogP contribution in [0.3, 0.4) is 0 Å². The molecule has 0 fully saturated rings. The van der Waals surface area contributed by atoms with Crippen LogP contribution in [0.15, 0.2) is 42.5 Å². The summed E-state index contributed by atoms with van der Waals surface area (Å²) in [5.41, 5.74) is 9.27. The van der Waals surface area contributed by atoms with E-state index in [0.29, 0.717) is 16.9 Å². The third-order valence-electron chi connectivity index (χ3n) is 2.78. The van der Waals surface area contributed by atoms with E-state index in [1.165, 1.54) is 0 Å². The van der Waals surface area contributed by atoms with E-state index in [9.17, 15) is 4.79 Å². The maximum Gasteiger partial charge on any atom is 0.257 e. The first kappa shape index (κ1) is 9.72. The van der Waals surface area contributed by atoms with Gasteiger partial charge in [-0.05, 0) is 24.3 Å². The van der Waals surface area contributed by atoms with Gasteiger partial charge in [-0.15, -0.1) is 0 Å². The van der Waals surface area contributed by atoms with E-state index in [1.807, 2.05) is 24.3 Å². The molecule has 2 aromatic rings. The number of nitrogens with two attached hydrogens (primary N) is 1. The molecule has 0 saturated heterocycles. The maximum atomic E-state index is 12.0. The summed E-state index contributed by atoms with van der Waals surface area (Å²) in [6, 6.07) is 12.8. The SMILES string of the molecule is Nc1cccc2c1Nc1ccccc1NC2=O. The minimum atomic E-state index is -0.148. The van der Waals surface area contributed by atoms with Gasteiger partial charge in [0.2, 0.25) is 0 Å². The molecule has 0 saturated carbocycles. The summed E-state index contributed by atoms with van der Waals surface area (Å²) < 4.78 is 0. The molecular weight excluding hydrogens is 214 g/mol. The van der Waals surface area contributed by atoms with Crippen molar-refractivity contribution >= 4 is 28.7 Å². The van der Waals surface area contributed by atoms with E-state index in [-0.39, 0.29) is 5.91 Å². The van der Waals surface area contributed by atoms with Crippen molar-refractivity contribution in [2.45, 2.75) is 0 Å². The van der Waals surface area contributed by atoms with Gasteiger partial charge in [-0.1, -0.05) is 18.2 Å². The van der Waals surface area contributed by atoms with Crippen molar-refractivity contribution in [3.63, 3.8) is 0 Å². The zero-order valence-corrected chi connectivity index (χ0v) is 9.03. The second-order valence-corrected chi connectivity index (χ2v) is 3.89. The Hall–Kier alpha value is -2.49. The number of nitrogen functional groups attached to an aromatic ring is 1. The van der Waals surface area contributed by atoms with Crippen molar-refractivity contribution in [1.29, 1.82) is 0 Å². The number of para-hydroxylation sites is 3. The van der Waals surface area contributed by atoms with Gasteiger partial charge < -0.3 is 16.4 Å². The third kappa shape index (κ3) is 1.50. The van der Waals surface area contributed by atoms with Gasteiger partial charge in [-0.3, -0.25) is 4.79 Å². The van der Waals surface area contributed by atoms with Crippen molar-refractivity contribution in [3.05, 3.63) is 48.0 Å². The Balaban J connectivity index is 2.22. The number of nitrogens with one attached hydrogen (secondary N) is 2. The highest BCUT2D eigenvalue weighted by Gasteiger charge is 2.19. The summed E-state index contributed by atoms with van der Waals surface area (Å²) in [7, 11) is 0. The van der Waals surface area contributed by atoms with Gasteiger partial charge in [-0.25, -0.2) is 0 Å². The second-order valence-electron chi connectivity index (χ2n) is 3.89. The molecule has 0 spiro atoms. The third-order valence-corrected chi connectivity index (χ3v) is 2.78. The Bertz CT molecular complexity index is 607. The number of rotatable bonds is 0. The molecule has 1 heterocycles. The number of carbonyl (C=O) groups is 1. The van der Waals surface area contributed by atoms with Crippen LogP contribution in [0.5, 0.6) is 0 Å². The van der Waals surface area contributed by atoms with Crippen molar-refractivity contribution in [1.82, 2.24) is 0 Å². The second kappa shape index (κ2) is 3.52. The summed E-state index contributed by atoms with van der Waals surface area (Å²) in [4.78, 5) is 12.0. The van der Waals surface area contributed by atoms with Gasteiger partial charge in [-0.2, -0.15) is 0 Å². The fraction of sp³-hybridized carbons (Fsp3) is 0. The van der Waals surface area contributed by atoms with Crippen LogP contribution in [-0.2, 0) is 0 Å². The van der Waals surface area contributed by atoms with Crippen LogP contribution in [-0.4, -0.2) is 5.91 Å². The number of hydrogen-bond acceptors (Lipinski definition) is 3. The average molecular weight is 225 g/mol. The van der Waals surface area contributed by atoms with Crippen molar-refractivity contribution in [2.75, 3.05) is 16.4 Å². The monoisotopic (exact) mass is 225 g/mol. The van der Waals surface area contributed by atoms with E-state index in [2.05, 4.69) is 10.6 Å². The lowest BCUT2D eigenvalue weighted by atomic mass is 10.1. The molecule has 0 aliphatic carbocycles. The highest BCUT2D eigenvalue weighted by Crippen LogP contribution is 2.34. The lowest BCUT2D eigenvalue weighted by Crippen LogP contribution is -2.11. The van der Waals surface area contributed by atoms with Crippen LogP contribution in [0, 0.1) is 0 Å². The zero-order chi connectivity index (χ0) is 11.8. The molecule has 4 N–H and O–H groups in total. The van der Waals surface area contributed by atoms with Gasteiger partial charge >= 0.3 is 0 Å². The molecule has 1 amide bonds. The molecule has 0 atom stereocenters. The first-order chi connectivity index (χ1) is 8.25. The number of fused-ring (bicyclic) bond motifs is 2. The summed E-state index contributed by atoms with van der Waals surface area (Å²) in [5, 5.41) is 6.04. The van der Waals surface area contributed by atoms with E-state index >= 15 is 0 Å². The van der Waals surface area contributed by atoms with Crippen LogP contribution in [0.25, 0.3) is 0 Å². The van der Waals surface area contributed by atoms with E-state index < -0.39 is 0 Å². The van der Waals surface area contributed by atoms with E-state index in [0.717, 1.165) is 11.4 Å². The molecule has 0 unspecified atom stereocenters. The standard InChI is InChI=1S/C13H11N3O/c14-9-5-3-4-8-12(9)15-10-6-1-2-7-11(10)16-13(8)17/h1-7,15H,14H2,(H,16,17). The molecule has 2 aromatic carbocycles. The summed E-state index contributed by atoms with van der Waals surface area (Å²) in [5.74, 6) is -0.148. The van der Waals surface area contributed by atoms with Crippen LogP contribution < -0.4 is 16.4 Å². The van der Waals surface area contributed by atoms with Gasteiger partial charge in [0.1, 0.15) is 0 Å². The Morgan fingerprint density at radius 2 is 1.59 bits per heavy atom. The van der Waals surface area contributed by atoms with Crippen molar-refractivity contribution < 1.29 is 4.79 Å². The van der Waals surface area contributed by atoms with Gasteiger partial charge in [0, 0.05) is 0 Å². The highest BCUT2D eigenvalue weighted by atomic mass is 16.1. The maximum absolute atomic E-state index is 12.0. The number of benzene rings is 2. The zero-order valence-electron chi connectivity index (χ0n) is 9.03. The Kier molecular flexibility index (Phi) is 2.01. The average Bonchev–Trinajstić information content (AvgIpc) is 2.47. The first-order valence-electron chi connectivity index (χ1n) is 5.31. The molecule has 1 aliphatic heterocycles. The Morgan fingerprint density at radius 1 is 0.882 bits per heavy atom. The summed E-state index contributed by atoms with van der Waals surface area (Å²) in [6.07, 6.45) is 0. The smallest absolute Gasteiger partial charge is 0.257 e. The highest BCUT2D eigenvalue weighted by molar-refractivity contribution is 6.13. The quantitative estimate of drug-likeness (QED) is 0.604. The fourth-order valence-electron chi connectivity index (χ4n) is 1.92. The van der Waals surface area contributed by atoms with Gasteiger partial charge in [0.15, 0.2) is 0 Å². The molecule has 1 aliphatic rings. The number of amides is 1.